The SMILES string of the molecule is N#Cc1cc(C#N)cc(-c2ccc3c4ccc(-c5cc(C#N)cc(C#N)c5)cc4n(-c4ccc(-c5ccc6sc7ccccc7c6c5)cc4-c4nc(-c5ccccc5)nc(-c5ccccc5)n4)c3c2)c1. The van der Waals surface area contributed by atoms with E-state index in [1.165, 1.54) is 20.2 Å². The van der Waals surface area contributed by atoms with E-state index >= 15 is 0 Å². The van der Waals surface area contributed by atoms with Gasteiger partial charge in [0, 0.05) is 47.6 Å². The van der Waals surface area contributed by atoms with Crippen molar-refractivity contribution >= 4 is 53.3 Å². The summed E-state index contributed by atoms with van der Waals surface area (Å²) in [6.07, 6.45) is 0. The van der Waals surface area contributed by atoms with Gasteiger partial charge in [-0.05, 0) is 112 Å². The Morgan fingerprint density at radius 2 is 0.771 bits per heavy atom. The first kappa shape index (κ1) is 41.4. The molecule has 0 fully saturated rings. The molecule has 9 heteroatoms. The predicted molar refractivity (Wildman–Crippen MR) is 279 cm³/mol. The van der Waals surface area contributed by atoms with Crippen LogP contribution in [0, 0.1) is 45.3 Å². The standard InChI is InChI=1S/C61H32N8S/c62-33-37-23-38(34-63)26-47(25-37)45-15-19-49-50-20-16-46(48-27-39(35-64)24-40(28-48)36-65)32-56(50)69(55(49)31-45)54-21-17-43(44-18-22-58-52(29-44)51-13-7-8-14-57(51)70-58)30-53(54)61-67-59(41-9-3-1-4-10-41)66-60(68-61)42-11-5-2-6-12-42/h1-32H. The quantitative estimate of drug-likeness (QED) is 0.155. The van der Waals surface area contributed by atoms with Crippen molar-refractivity contribution < 1.29 is 0 Å². The van der Waals surface area contributed by atoms with Gasteiger partial charge in [0.25, 0.3) is 0 Å². The maximum Gasteiger partial charge on any atom is 0.166 e. The summed E-state index contributed by atoms with van der Waals surface area (Å²) >= 11 is 1.78. The van der Waals surface area contributed by atoms with Gasteiger partial charge in [0.1, 0.15) is 0 Å². The molecule has 0 amide bonds. The van der Waals surface area contributed by atoms with E-state index in [-0.39, 0.29) is 0 Å². The van der Waals surface area contributed by atoms with Gasteiger partial charge >= 0.3 is 0 Å². The van der Waals surface area contributed by atoms with E-state index in [4.69, 9.17) is 15.0 Å². The highest BCUT2D eigenvalue weighted by Crippen LogP contribution is 2.42. The zero-order chi connectivity index (χ0) is 47.3. The molecule has 0 aliphatic heterocycles. The molecule has 0 spiro atoms. The van der Waals surface area contributed by atoms with Crippen LogP contribution in [-0.4, -0.2) is 19.5 Å². The third-order valence-electron chi connectivity index (χ3n) is 12.7. The smallest absolute Gasteiger partial charge is 0.166 e. The maximum absolute atomic E-state index is 9.98. The summed E-state index contributed by atoms with van der Waals surface area (Å²) < 4.78 is 4.66. The number of hydrogen-bond acceptors (Lipinski definition) is 8. The van der Waals surface area contributed by atoms with Crippen LogP contribution in [0.25, 0.3) is 115 Å². The highest BCUT2D eigenvalue weighted by molar-refractivity contribution is 7.25. The van der Waals surface area contributed by atoms with E-state index in [2.05, 4.69) is 114 Å². The van der Waals surface area contributed by atoms with Crippen molar-refractivity contribution in [1.82, 2.24) is 19.5 Å². The Kier molecular flexibility index (Phi) is 10.1. The normalized spacial score (nSPS) is 11.1. The monoisotopic (exact) mass is 908 g/mol. The van der Waals surface area contributed by atoms with Gasteiger partial charge in [-0.1, -0.05) is 115 Å². The molecule has 0 aliphatic rings. The molecule has 0 radical (unpaired) electrons. The summed E-state index contributed by atoms with van der Waals surface area (Å²) in [6.45, 7) is 0. The Morgan fingerprint density at radius 3 is 1.31 bits per heavy atom. The zero-order valence-electron chi connectivity index (χ0n) is 37.0. The average Bonchev–Trinajstić information content (AvgIpc) is 3.97. The summed E-state index contributed by atoms with van der Waals surface area (Å²) in [5.74, 6) is 1.51. The second kappa shape index (κ2) is 17.0. The molecule has 12 aromatic rings. The molecule has 0 saturated heterocycles. The number of benzene rings is 9. The summed E-state index contributed by atoms with van der Waals surface area (Å²) in [4.78, 5) is 15.7. The number of fused-ring (bicyclic) bond motifs is 6. The first-order valence-corrected chi connectivity index (χ1v) is 23.2. The van der Waals surface area contributed by atoms with Gasteiger partial charge in [0.15, 0.2) is 17.5 Å². The molecule has 0 unspecified atom stereocenters. The first-order chi connectivity index (χ1) is 34.4. The molecular formula is C61H32N8S. The van der Waals surface area contributed by atoms with Crippen molar-refractivity contribution in [2.24, 2.45) is 0 Å². The van der Waals surface area contributed by atoms with Crippen LogP contribution in [0.5, 0.6) is 0 Å². The van der Waals surface area contributed by atoms with E-state index in [1.54, 1.807) is 47.7 Å². The Balaban J connectivity index is 1.18. The third kappa shape index (κ3) is 7.26. The van der Waals surface area contributed by atoms with Crippen molar-refractivity contribution in [2.45, 2.75) is 0 Å². The minimum Gasteiger partial charge on any atom is -0.308 e. The fourth-order valence-corrected chi connectivity index (χ4v) is 10.5. The molecule has 0 saturated carbocycles. The molecule has 9 aromatic carbocycles. The van der Waals surface area contributed by atoms with Gasteiger partial charge < -0.3 is 4.57 Å². The van der Waals surface area contributed by atoms with Crippen molar-refractivity contribution in [2.75, 3.05) is 0 Å². The molecule has 322 valence electrons. The first-order valence-electron chi connectivity index (χ1n) is 22.4. The maximum atomic E-state index is 9.98. The van der Waals surface area contributed by atoms with Crippen LogP contribution in [-0.2, 0) is 0 Å². The Hall–Kier alpha value is -10.0. The molecule has 0 atom stereocenters. The molecule has 3 heterocycles. The Morgan fingerprint density at radius 1 is 0.329 bits per heavy atom. The summed E-state index contributed by atoms with van der Waals surface area (Å²) in [6, 6.07) is 73.1. The second-order valence-electron chi connectivity index (χ2n) is 16.9. The molecular weight excluding hydrogens is 877 g/mol. The third-order valence-corrected chi connectivity index (χ3v) is 13.9. The van der Waals surface area contributed by atoms with Gasteiger partial charge in [-0.3, -0.25) is 0 Å². The predicted octanol–water partition coefficient (Wildman–Crippen LogP) is 14.8. The van der Waals surface area contributed by atoms with Crippen molar-refractivity contribution in [3.05, 3.63) is 216 Å². The molecule has 3 aromatic heterocycles. The Bertz CT molecular complexity index is 4040. The van der Waals surface area contributed by atoms with E-state index in [9.17, 15) is 21.0 Å². The topological polar surface area (TPSA) is 139 Å². The van der Waals surface area contributed by atoms with E-state index < -0.39 is 0 Å². The fraction of sp³-hybridized carbons (Fsp3) is 0. The van der Waals surface area contributed by atoms with Crippen LogP contribution in [0.15, 0.2) is 194 Å². The summed E-state index contributed by atoms with van der Waals surface area (Å²) in [5.41, 5.74) is 11.6. The van der Waals surface area contributed by atoms with Gasteiger partial charge in [0.2, 0.25) is 0 Å². The number of nitrogens with zero attached hydrogens (tertiary/aromatic N) is 8. The van der Waals surface area contributed by atoms with Crippen LogP contribution in [0.2, 0.25) is 0 Å². The molecule has 0 aliphatic carbocycles. The Labute approximate surface area is 405 Å². The van der Waals surface area contributed by atoms with Crippen LogP contribution in [0.4, 0.5) is 0 Å². The van der Waals surface area contributed by atoms with Gasteiger partial charge in [0.05, 0.1) is 63.3 Å². The largest absolute Gasteiger partial charge is 0.308 e. The van der Waals surface area contributed by atoms with Crippen molar-refractivity contribution in [3.63, 3.8) is 0 Å². The van der Waals surface area contributed by atoms with E-state index in [1.807, 2.05) is 72.8 Å². The lowest BCUT2D eigenvalue weighted by Gasteiger charge is -2.17. The average molecular weight is 909 g/mol. The van der Waals surface area contributed by atoms with Crippen LogP contribution in [0.3, 0.4) is 0 Å². The number of aromatic nitrogens is 4. The highest BCUT2D eigenvalue weighted by atomic mass is 32.1. The van der Waals surface area contributed by atoms with Crippen molar-refractivity contribution in [3.8, 4) is 97.5 Å². The van der Waals surface area contributed by atoms with Gasteiger partial charge in [-0.15, -0.1) is 11.3 Å². The highest BCUT2D eigenvalue weighted by Gasteiger charge is 2.22. The van der Waals surface area contributed by atoms with E-state index in [0.717, 1.165) is 77.6 Å². The number of hydrogen-bond donors (Lipinski definition) is 0. The molecule has 70 heavy (non-hydrogen) atoms. The van der Waals surface area contributed by atoms with Crippen molar-refractivity contribution in [1.29, 1.82) is 21.0 Å². The molecule has 0 N–H and O–H groups in total. The lowest BCUT2D eigenvalue weighted by atomic mass is 9.98. The van der Waals surface area contributed by atoms with Gasteiger partial charge in [-0.25, -0.2) is 15.0 Å². The number of nitriles is 4. The second-order valence-corrected chi connectivity index (χ2v) is 18.0. The lowest BCUT2D eigenvalue weighted by Crippen LogP contribution is -2.04. The summed E-state index contributed by atoms with van der Waals surface area (Å²) in [5, 5.41) is 44.2. The molecule has 8 nitrogen and oxygen atoms in total. The summed E-state index contributed by atoms with van der Waals surface area (Å²) in [7, 11) is 0. The minimum atomic E-state index is 0.389. The van der Waals surface area contributed by atoms with Crippen LogP contribution >= 0.6 is 11.3 Å². The molecule has 0 bridgehead atoms. The van der Waals surface area contributed by atoms with Gasteiger partial charge in [-0.2, -0.15) is 21.0 Å². The zero-order valence-corrected chi connectivity index (χ0v) is 37.8. The lowest BCUT2D eigenvalue weighted by molar-refractivity contribution is 1.06. The minimum absolute atomic E-state index is 0.389. The fourth-order valence-electron chi connectivity index (χ4n) is 9.41. The molecule has 12 rings (SSSR count). The van der Waals surface area contributed by atoms with Crippen LogP contribution < -0.4 is 0 Å². The van der Waals surface area contributed by atoms with E-state index in [0.29, 0.717) is 39.7 Å². The number of rotatable bonds is 7. The number of thiophene rings is 1. The van der Waals surface area contributed by atoms with Crippen LogP contribution in [0.1, 0.15) is 22.3 Å².